The van der Waals surface area contributed by atoms with Crippen molar-refractivity contribution in [3.63, 3.8) is 0 Å². The fourth-order valence-corrected chi connectivity index (χ4v) is 1.74. The van der Waals surface area contributed by atoms with E-state index in [1.807, 2.05) is 30.3 Å². The van der Waals surface area contributed by atoms with Gasteiger partial charge >= 0.3 is 0 Å². The van der Waals surface area contributed by atoms with Crippen LogP contribution in [0.1, 0.15) is 12.0 Å². The van der Waals surface area contributed by atoms with E-state index in [0.717, 1.165) is 11.3 Å². The third-order valence-electron chi connectivity index (χ3n) is 2.82. The van der Waals surface area contributed by atoms with Crippen LogP contribution in [0.15, 0.2) is 48.5 Å². The van der Waals surface area contributed by atoms with Crippen molar-refractivity contribution >= 4 is 11.6 Å². The first-order valence-corrected chi connectivity index (χ1v) is 6.42. The molecule has 0 aliphatic carbocycles. The number of amides is 1. The number of anilines is 1. The van der Waals surface area contributed by atoms with E-state index in [1.54, 1.807) is 25.1 Å². The molecule has 0 unspecified atom stereocenters. The second-order valence-electron chi connectivity index (χ2n) is 4.46. The number of hydrogen-bond acceptors (Lipinski definition) is 3. The molecule has 2 aromatic rings. The van der Waals surface area contributed by atoms with Crippen molar-refractivity contribution in [2.45, 2.75) is 13.3 Å². The molecule has 0 fully saturated rings. The van der Waals surface area contributed by atoms with Gasteiger partial charge < -0.3 is 15.2 Å². The average Bonchev–Trinajstić information content (AvgIpc) is 2.44. The Morgan fingerprint density at radius 1 is 1.20 bits per heavy atom. The summed E-state index contributed by atoms with van der Waals surface area (Å²) in [5, 5.41) is 12.2. The summed E-state index contributed by atoms with van der Waals surface area (Å²) in [5.41, 5.74) is 1.40. The first kappa shape index (κ1) is 13.9. The van der Waals surface area contributed by atoms with Gasteiger partial charge in [-0.25, -0.2) is 0 Å². The molecule has 0 heterocycles. The summed E-state index contributed by atoms with van der Waals surface area (Å²) in [4.78, 5) is 11.7. The summed E-state index contributed by atoms with van der Waals surface area (Å²) >= 11 is 0. The van der Waals surface area contributed by atoms with Gasteiger partial charge in [0.2, 0.25) is 5.91 Å². The van der Waals surface area contributed by atoms with Gasteiger partial charge in [0.1, 0.15) is 11.5 Å². The van der Waals surface area contributed by atoms with Crippen molar-refractivity contribution in [2.75, 3.05) is 11.9 Å². The van der Waals surface area contributed by atoms with E-state index in [1.165, 1.54) is 0 Å². The van der Waals surface area contributed by atoms with Crippen LogP contribution in [0.3, 0.4) is 0 Å². The van der Waals surface area contributed by atoms with Gasteiger partial charge in [-0.15, -0.1) is 0 Å². The van der Waals surface area contributed by atoms with Crippen molar-refractivity contribution in [3.8, 4) is 11.5 Å². The molecular weight excluding hydrogens is 254 g/mol. The number of carbonyl (C=O) groups is 1. The maximum Gasteiger partial charge on any atom is 0.227 e. The van der Waals surface area contributed by atoms with Crippen LogP contribution >= 0.6 is 0 Å². The predicted octanol–water partition coefficient (Wildman–Crippen LogP) is 3.11. The Morgan fingerprint density at radius 2 is 1.95 bits per heavy atom. The number of rotatable bonds is 5. The van der Waals surface area contributed by atoms with Crippen molar-refractivity contribution < 1.29 is 14.6 Å². The zero-order valence-electron chi connectivity index (χ0n) is 11.3. The van der Waals surface area contributed by atoms with Crippen molar-refractivity contribution in [2.24, 2.45) is 0 Å². The molecule has 0 radical (unpaired) electrons. The van der Waals surface area contributed by atoms with Crippen molar-refractivity contribution in [3.05, 3.63) is 54.1 Å². The van der Waals surface area contributed by atoms with Crippen LogP contribution in [-0.2, 0) is 4.79 Å². The molecule has 0 aliphatic heterocycles. The Labute approximate surface area is 118 Å². The van der Waals surface area contributed by atoms with Crippen LogP contribution < -0.4 is 10.1 Å². The molecule has 1 amide bonds. The van der Waals surface area contributed by atoms with E-state index in [-0.39, 0.29) is 18.1 Å². The van der Waals surface area contributed by atoms with Gasteiger partial charge in [0, 0.05) is 5.69 Å². The Kier molecular flexibility index (Phi) is 4.60. The predicted molar refractivity (Wildman–Crippen MR) is 78.0 cm³/mol. The van der Waals surface area contributed by atoms with Crippen LogP contribution in [0.25, 0.3) is 0 Å². The minimum atomic E-state index is -0.119. The Bertz CT molecular complexity index is 582. The van der Waals surface area contributed by atoms with Crippen LogP contribution in [0.5, 0.6) is 11.5 Å². The molecule has 2 rings (SSSR count). The van der Waals surface area contributed by atoms with Gasteiger partial charge in [-0.2, -0.15) is 0 Å². The van der Waals surface area contributed by atoms with E-state index in [2.05, 4.69) is 5.32 Å². The standard InChI is InChI=1S/C16H17NO3/c1-12-11-13(7-8-15(12)18)17-16(19)9-10-20-14-5-3-2-4-6-14/h2-8,11,18H,9-10H2,1H3,(H,17,19). The fraction of sp³-hybridized carbons (Fsp3) is 0.188. The highest BCUT2D eigenvalue weighted by atomic mass is 16.5. The molecular formula is C16H17NO3. The Hall–Kier alpha value is -2.49. The summed E-state index contributed by atoms with van der Waals surface area (Å²) in [7, 11) is 0. The first-order valence-electron chi connectivity index (χ1n) is 6.42. The molecule has 0 spiro atoms. The summed E-state index contributed by atoms with van der Waals surface area (Å²) < 4.78 is 5.46. The molecule has 20 heavy (non-hydrogen) atoms. The molecule has 0 aliphatic rings. The van der Waals surface area contributed by atoms with Gasteiger partial charge in [0.15, 0.2) is 0 Å². The number of aromatic hydroxyl groups is 1. The maximum atomic E-state index is 11.7. The second kappa shape index (κ2) is 6.61. The third kappa shape index (κ3) is 4.02. The van der Waals surface area contributed by atoms with E-state index < -0.39 is 0 Å². The lowest BCUT2D eigenvalue weighted by atomic mass is 10.2. The number of para-hydroxylation sites is 1. The van der Waals surface area contributed by atoms with Gasteiger partial charge in [-0.1, -0.05) is 18.2 Å². The summed E-state index contributed by atoms with van der Waals surface area (Å²) in [6, 6.07) is 14.3. The Morgan fingerprint density at radius 3 is 2.65 bits per heavy atom. The van der Waals surface area contributed by atoms with Crippen molar-refractivity contribution in [1.82, 2.24) is 0 Å². The maximum absolute atomic E-state index is 11.7. The normalized spacial score (nSPS) is 10.1. The highest BCUT2D eigenvalue weighted by Gasteiger charge is 2.04. The minimum absolute atomic E-state index is 0.119. The lowest BCUT2D eigenvalue weighted by molar-refractivity contribution is -0.116. The lowest BCUT2D eigenvalue weighted by Gasteiger charge is -2.08. The van der Waals surface area contributed by atoms with Crippen LogP contribution in [-0.4, -0.2) is 17.6 Å². The minimum Gasteiger partial charge on any atom is -0.508 e. The topological polar surface area (TPSA) is 58.6 Å². The SMILES string of the molecule is Cc1cc(NC(=O)CCOc2ccccc2)ccc1O. The zero-order valence-corrected chi connectivity index (χ0v) is 11.3. The second-order valence-corrected chi connectivity index (χ2v) is 4.46. The van der Waals surface area contributed by atoms with Crippen LogP contribution in [0, 0.1) is 6.92 Å². The Balaban J connectivity index is 1.79. The molecule has 0 atom stereocenters. The smallest absolute Gasteiger partial charge is 0.227 e. The van der Waals surface area contributed by atoms with Crippen LogP contribution in [0.2, 0.25) is 0 Å². The molecule has 4 nitrogen and oxygen atoms in total. The van der Waals surface area contributed by atoms with E-state index >= 15 is 0 Å². The fourth-order valence-electron chi connectivity index (χ4n) is 1.74. The summed E-state index contributed by atoms with van der Waals surface area (Å²) in [6.07, 6.45) is 0.273. The first-order chi connectivity index (χ1) is 9.65. The zero-order chi connectivity index (χ0) is 14.4. The lowest BCUT2D eigenvalue weighted by Crippen LogP contribution is -2.15. The van der Waals surface area contributed by atoms with Gasteiger partial charge in [0.25, 0.3) is 0 Å². The molecule has 0 saturated heterocycles. The van der Waals surface area contributed by atoms with Gasteiger partial charge in [-0.3, -0.25) is 4.79 Å². The number of phenolic OH excluding ortho intramolecular Hbond substituents is 1. The molecule has 2 N–H and O–H groups in total. The highest BCUT2D eigenvalue weighted by Crippen LogP contribution is 2.20. The summed E-state index contributed by atoms with van der Waals surface area (Å²) in [5.74, 6) is 0.849. The molecule has 2 aromatic carbocycles. The number of ether oxygens (including phenoxy) is 1. The number of aryl methyl sites for hydroxylation is 1. The summed E-state index contributed by atoms with van der Waals surface area (Å²) in [6.45, 7) is 2.11. The molecule has 104 valence electrons. The van der Waals surface area contributed by atoms with E-state index in [0.29, 0.717) is 12.3 Å². The molecule has 0 bridgehead atoms. The van der Waals surface area contributed by atoms with E-state index in [4.69, 9.17) is 4.74 Å². The highest BCUT2D eigenvalue weighted by molar-refractivity contribution is 5.90. The number of phenols is 1. The number of carbonyl (C=O) groups excluding carboxylic acids is 1. The molecule has 0 saturated carbocycles. The monoisotopic (exact) mass is 271 g/mol. The largest absolute Gasteiger partial charge is 0.508 e. The number of nitrogens with one attached hydrogen (secondary N) is 1. The van der Waals surface area contributed by atoms with Crippen LogP contribution in [0.4, 0.5) is 5.69 Å². The number of benzene rings is 2. The van der Waals surface area contributed by atoms with E-state index in [9.17, 15) is 9.90 Å². The molecule has 0 aromatic heterocycles. The average molecular weight is 271 g/mol. The number of hydrogen-bond donors (Lipinski definition) is 2. The molecule has 4 heteroatoms. The van der Waals surface area contributed by atoms with Gasteiger partial charge in [-0.05, 0) is 42.8 Å². The quantitative estimate of drug-likeness (QED) is 0.821. The third-order valence-corrected chi connectivity index (χ3v) is 2.82. The van der Waals surface area contributed by atoms with Crippen molar-refractivity contribution in [1.29, 1.82) is 0 Å². The van der Waals surface area contributed by atoms with Gasteiger partial charge in [0.05, 0.1) is 13.0 Å².